The van der Waals surface area contributed by atoms with Crippen molar-refractivity contribution < 1.29 is 4.79 Å². The minimum Gasteiger partial charge on any atom is -0.369 e. The highest BCUT2D eigenvalue weighted by Crippen LogP contribution is 2.29. The van der Waals surface area contributed by atoms with Crippen LogP contribution >= 0.6 is 0 Å². The van der Waals surface area contributed by atoms with Crippen LogP contribution in [0.25, 0.3) is 0 Å². The molecule has 0 bridgehead atoms. The van der Waals surface area contributed by atoms with Crippen molar-refractivity contribution in [3.05, 3.63) is 5.82 Å². The molecule has 2 fully saturated rings. The second-order valence-electron chi connectivity index (χ2n) is 5.93. The molecule has 2 N–H and O–H groups in total. The van der Waals surface area contributed by atoms with Gasteiger partial charge in [0.05, 0.1) is 12.6 Å². The fourth-order valence-corrected chi connectivity index (χ4v) is 3.32. The van der Waals surface area contributed by atoms with Gasteiger partial charge in [0.15, 0.2) is 5.82 Å². The summed E-state index contributed by atoms with van der Waals surface area (Å²) < 4.78 is 2.01. The predicted molar refractivity (Wildman–Crippen MR) is 72.5 cm³/mol. The van der Waals surface area contributed by atoms with E-state index in [2.05, 4.69) is 20.4 Å². The summed E-state index contributed by atoms with van der Waals surface area (Å²) >= 11 is 0. The Morgan fingerprint density at radius 1 is 1.20 bits per heavy atom. The van der Waals surface area contributed by atoms with E-state index in [9.17, 15) is 4.79 Å². The largest absolute Gasteiger partial charge is 0.369 e. The van der Waals surface area contributed by atoms with Gasteiger partial charge in [-0.2, -0.15) is 0 Å². The maximum atomic E-state index is 11.2. The minimum absolute atomic E-state index is 0.0390. The van der Waals surface area contributed by atoms with Gasteiger partial charge < -0.3 is 5.73 Å². The Labute approximate surface area is 118 Å². The standard InChI is InChI=1S/C13H22N6O/c14-13(20)10-5-7-18(8-6-10)9-12-15-16-17-19(12)11-3-1-2-4-11/h10-11H,1-9H2,(H2,14,20). The molecular weight excluding hydrogens is 256 g/mol. The highest BCUT2D eigenvalue weighted by Gasteiger charge is 2.26. The molecule has 2 heterocycles. The van der Waals surface area contributed by atoms with Crippen molar-refractivity contribution in [2.75, 3.05) is 13.1 Å². The Kier molecular flexibility index (Phi) is 3.95. The third-order valence-electron chi connectivity index (χ3n) is 4.59. The van der Waals surface area contributed by atoms with Crippen molar-refractivity contribution in [1.29, 1.82) is 0 Å². The van der Waals surface area contributed by atoms with E-state index in [-0.39, 0.29) is 11.8 Å². The summed E-state index contributed by atoms with van der Waals surface area (Å²) in [5.74, 6) is 0.826. The number of likely N-dealkylation sites (tertiary alicyclic amines) is 1. The van der Waals surface area contributed by atoms with Crippen LogP contribution in [0.3, 0.4) is 0 Å². The third kappa shape index (κ3) is 2.82. The molecule has 2 aliphatic rings. The SMILES string of the molecule is NC(=O)C1CCN(Cc2nnnn2C2CCCC2)CC1. The molecule has 3 rings (SSSR count). The Morgan fingerprint density at radius 2 is 1.90 bits per heavy atom. The molecule has 1 aliphatic heterocycles. The van der Waals surface area contributed by atoms with Crippen LogP contribution in [0.5, 0.6) is 0 Å². The van der Waals surface area contributed by atoms with Gasteiger partial charge in [-0.25, -0.2) is 4.68 Å². The van der Waals surface area contributed by atoms with Gasteiger partial charge in [-0.1, -0.05) is 12.8 Å². The van der Waals surface area contributed by atoms with Crippen molar-refractivity contribution in [2.24, 2.45) is 11.7 Å². The minimum atomic E-state index is -0.166. The molecular formula is C13H22N6O. The second-order valence-corrected chi connectivity index (χ2v) is 5.93. The number of primary amides is 1. The first kappa shape index (κ1) is 13.5. The lowest BCUT2D eigenvalue weighted by Gasteiger charge is -2.30. The lowest BCUT2D eigenvalue weighted by Crippen LogP contribution is -2.38. The maximum Gasteiger partial charge on any atom is 0.220 e. The fourth-order valence-electron chi connectivity index (χ4n) is 3.32. The topological polar surface area (TPSA) is 89.9 Å². The molecule has 0 spiro atoms. The van der Waals surface area contributed by atoms with Crippen LogP contribution in [0.2, 0.25) is 0 Å². The number of nitrogens with zero attached hydrogens (tertiary/aromatic N) is 5. The molecule has 1 saturated carbocycles. The summed E-state index contributed by atoms with van der Waals surface area (Å²) in [6, 6.07) is 0.475. The van der Waals surface area contributed by atoms with Gasteiger partial charge in [-0.3, -0.25) is 9.69 Å². The van der Waals surface area contributed by atoms with Gasteiger partial charge in [0, 0.05) is 5.92 Å². The summed E-state index contributed by atoms with van der Waals surface area (Å²) in [6.45, 7) is 2.56. The summed E-state index contributed by atoms with van der Waals surface area (Å²) in [5.41, 5.74) is 5.36. The molecule has 0 radical (unpaired) electrons. The number of piperidine rings is 1. The Morgan fingerprint density at radius 3 is 2.55 bits per heavy atom. The van der Waals surface area contributed by atoms with Gasteiger partial charge in [0.2, 0.25) is 5.91 Å². The lowest BCUT2D eigenvalue weighted by molar-refractivity contribution is -0.123. The van der Waals surface area contributed by atoms with E-state index in [0.29, 0.717) is 6.04 Å². The van der Waals surface area contributed by atoms with Crippen molar-refractivity contribution in [2.45, 2.75) is 51.1 Å². The van der Waals surface area contributed by atoms with E-state index in [0.717, 1.165) is 38.3 Å². The molecule has 1 amide bonds. The van der Waals surface area contributed by atoms with Gasteiger partial charge in [-0.05, 0) is 49.2 Å². The number of carbonyl (C=O) groups is 1. The number of tetrazole rings is 1. The van der Waals surface area contributed by atoms with E-state index < -0.39 is 0 Å². The first-order valence-corrected chi connectivity index (χ1v) is 7.52. The highest BCUT2D eigenvalue weighted by atomic mass is 16.1. The molecule has 1 aromatic rings. The van der Waals surface area contributed by atoms with E-state index in [1.54, 1.807) is 0 Å². The molecule has 0 aromatic carbocycles. The van der Waals surface area contributed by atoms with Crippen LogP contribution in [0.1, 0.15) is 50.4 Å². The predicted octanol–water partition coefficient (Wildman–Crippen LogP) is 0.485. The highest BCUT2D eigenvalue weighted by molar-refractivity contribution is 5.76. The van der Waals surface area contributed by atoms with E-state index in [4.69, 9.17) is 5.73 Å². The van der Waals surface area contributed by atoms with Gasteiger partial charge in [0.25, 0.3) is 0 Å². The van der Waals surface area contributed by atoms with Gasteiger partial charge >= 0.3 is 0 Å². The maximum absolute atomic E-state index is 11.2. The van der Waals surface area contributed by atoms with Gasteiger partial charge in [0.1, 0.15) is 0 Å². The van der Waals surface area contributed by atoms with Crippen LogP contribution in [-0.2, 0) is 11.3 Å². The normalized spacial score (nSPS) is 22.4. The van der Waals surface area contributed by atoms with Crippen LogP contribution in [0, 0.1) is 5.92 Å². The number of nitrogens with two attached hydrogens (primary N) is 1. The average molecular weight is 278 g/mol. The lowest BCUT2D eigenvalue weighted by atomic mass is 9.96. The van der Waals surface area contributed by atoms with Crippen LogP contribution in [0.4, 0.5) is 0 Å². The summed E-state index contributed by atoms with van der Waals surface area (Å²) in [6.07, 6.45) is 6.60. The Balaban J connectivity index is 1.59. The number of hydrogen-bond donors (Lipinski definition) is 1. The van der Waals surface area contributed by atoms with Crippen LogP contribution in [-0.4, -0.2) is 44.1 Å². The molecule has 0 atom stereocenters. The number of aromatic nitrogens is 4. The van der Waals surface area contributed by atoms with E-state index in [1.807, 2.05) is 4.68 Å². The summed E-state index contributed by atoms with van der Waals surface area (Å²) in [5, 5.41) is 12.2. The van der Waals surface area contributed by atoms with Crippen LogP contribution < -0.4 is 5.73 Å². The fraction of sp³-hybridized carbons (Fsp3) is 0.846. The summed E-state index contributed by atoms with van der Waals surface area (Å²) in [4.78, 5) is 13.5. The molecule has 1 saturated heterocycles. The zero-order valence-corrected chi connectivity index (χ0v) is 11.7. The van der Waals surface area contributed by atoms with E-state index in [1.165, 1.54) is 25.7 Å². The van der Waals surface area contributed by atoms with E-state index >= 15 is 0 Å². The van der Waals surface area contributed by atoms with Crippen LogP contribution in [0.15, 0.2) is 0 Å². The number of hydrogen-bond acceptors (Lipinski definition) is 5. The monoisotopic (exact) mass is 278 g/mol. The quantitative estimate of drug-likeness (QED) is 0.865. The zero-order chi connectivity index (χ0) is 13.9. The average Bonchev–Trinajstić information content (AvgIpc) is 3.09. The zero-order valence-electron chi connectivity index (χ0n) is 11.7. The molecule has 7 nitrogen and oxygen atoms in total. The smallest absolute Gasteiger partial charge is 0.220 e. The molecule has 20 heavy (non-hydrogen) atoms. The molecule has 7 heteroatoms. The number of rotatable bonds is 4. The molecule has 0 unspecified atom stereocenters. The summed E-state index contributed by atoms with van der Waals surface area (Å²) in [7, 11) is 0. The first-order chi connectivity index (χ1) is 9.74. The second kappa shape index (κ2) is 5.87. The molecule has 110 valence electrons. The van der Waals surface area contributed by atoms with Crippen molar-refractivity contribution >= 4 is 5.91 Å². The first-order valence-electron chi connectivity index (χ1n) is 7.52. The Hall–Kier alpha value is -1.50. The number of carbonyl (C=O) groups excluding carboxylic acids is 1. The van der Waals surface area contributed by atoms with Crippen molar-refractivity contribution in [1.82, 2.24) is 25.1 Å². The molecule has 1 aromatic heterocycles. The third-order valence-corrected chi connectivity index (χ3v) is 4.59. The van der Waals surface area contributed by atoms with Gasteiger partial charge in [-0.15, -0.1) is 5.10 Å². The molecule has 1 aliphatic carbocycles. The Bertz CT molecular complexity index is 459. The van der Waals surface area contributed by atoms with Crippen molar-refractivity contribution in [3.8, 4) is 0 Å². The van der Waals surface area contributed by atoms with Crippen molar-refractivity contribution in [3.63, 3.8) is 0 Å². The number of amides is 1.